The first kappa shape index (κ1) is 8.86. The summed E-state index contributed by atoms with van der Waals surface area (Å²) in [7, 11) is 0. The summed E-state index contributed by atoms with van der Waals surface area (Å²) < 4.78 is 0. The van der Waals surface area contributed by atoms with Crippen molar-refractivity contribution in [2.45, 2.75) is 18.9 Å². The van der Waals surface area contributed by atoms with E-state index in [0.29, 0.717) is 6.04 Å². The van der Waals surface area contributed by atoms with E-state index in [-0.39, 0.29) is 0 Å². The lowest BCUT2D eigenvalue weighted by Crippen LogP contribution is -2.13. The van der Waals surface area contributed by atoms with Gasteiger partial charge in [0.2, 0.25) is 0 Å². The molecule has 0 saturated carbocycles. The molecule has 1 N–H and O–H groups in total. The topological polar surface area (TPSA) is 24.9 Å². The minimum absolute atomic E-state index is 0.526. The van der Waals surface area contributed by atoms with E-state index in [1.54, 1.807) is 0 Å². The van der Waals surface area contributed by atoms with Crippen molar-refractivity contribution in [1.29, 1.82) is 0 Å². The van der Waals surface area contributed by atoms with Crippen LogP contribution >= 0.6 is 0 Å². The van der Waals surface area contributed by atoms with Gasteiger partial charge >= 0.3 is 0 Å². The monoisotopic (exact) mass is 198 g/mol. The van der Waals surface area contributed by atoms with Crippen LogP contribution in [0.5, 0.6) is 0 Å². The first-order valence-corrected chi connectivity index (χ1v) is 5.52. The highest BCUT2D eigenvalue weighted by molar-refractivity contribution is 5.82. The molecular formula is C13H14N2. The standard InChI is InChI=1S/C13H14N2/c1-2-5-12-10(4-1)11(7-9-15-12)13-6-3-8-14-13/h1-2,4-5,7,9,13-14H,3,6,8H2/t13-/m0/s1. The fourth-order valence-corrected chi connectivity index (χ4v) is 2.37. The van der Waals surface area contributed by atoms with Crippen LogP contribution in [0.2, 0.25) is 0 Å². The van der Waals surface area contributed by atoms with Crippen molar-refractivity contribution in [1.82, 2.24) is 10.3 Å². The average molecular weight is 198 g/mol. The Hall–Kier alpha value is -1.41. The van der Waals surface area contributed by atoms with Crippen molar-refractivity contribution < 1.29 is 0 Å². The average Bonchev–Trinajstić information content (AvgIpc) is 2.82. The molecule has 1 fully saturated rings. The van der Waals surface area contributed by atoms with E-state index in [9.17, 15) is 0 Å². The minimum Gasteiger partial charge on any atom is -0.310 e. The molecule has 1 saturated heterocycles. The summed E-state index contributed by atoms with van der Waals surface area (Å²) in [5.74, 6) is 0. The highest BCUT2D eigenvalue weighted by Gasteiger charge is 2.17. The van der Waals surface area contributed by atoms with Gasteiger partial charge in [-0.3, -0.25) is 4.98 Å². The third kappa shape index (κ3) is 1.51. The van der Waals surface area contributed by atoms with Gasteiger partial charge in [0, 0.05) is 17.6 Å². The van der Waals surface area contributed by atoms with Crippen molar-refractivity contribution in [2.75, 3.05) is 6.54 Å². The van der Waals surface area contributed by atoms with Gasteiger partial charge in [-0.25, -0.2) is 0 Å². The number of hydrogen-bond acceptors (Lipinski definition) is 2. The van der Waals surface area contributed by atoms with Gasteiger partial charge in [0.1, 0.15) is 0 Å². The molecule has 0 spiro atoms. The molecule has 0 amide bonds. The van der Waals surface area contributed by atoms with Gasteiger partial charge in [-0.1, -0.05) is 18.2 Å². The SMILES string of the molecule is c1ccc2c([C@@H]3CCCN3)ccnc2c1. The molecule has 2 heteroatoms. The third-order valence-corrected chi connectivity index (χ3v) is 3.12. The molecule has 1 aromatic carbocycles. The van der Waals surface area contributed by atoms with E-state index in [0.717, 1.165) is 12.1 Å². The molecule has 0 unspecified atom stereocenters. The van der Waals surface area contributed by atoms with Gasteiger partial charge in [0.25, 0.3) is 0 Å². The number of nitrogens with one attached hydrogen (secondary N) is 1. The van der Waals surface area contributed by atoms with Crippen LogP contribution in [0.1, 0.15) is 24.4 Å². The zero-order chi connectivity index (χ0) is 10.1. The van der Waals surface area contributed by atoms with E-state index in [1.807, 2.05) is 12.3 Å². The Labute approximate surface area is 89.3 Å². The number of hydrogen-bond donors (Lipinski definition) is 1. The van der Waals surface area contributed by atoms with Gasteiger partial charge in [0.15, 0.2) is 0 Å². The number of benzene rings is 1. The number of rotatable bonds is 1. The summed E-state index contributed by atoms with van der Waals surface area (Å²) in [5.41, 5.74) is 2.50. The lowest BCUT2D eigenvalue weighted by molar-refractivity contribution is 0.652. The van der Waals surface area contributed by atoms with Crippen molar-refractivity contribution >= 4 is 10.9 Å². The molecule has 1 atom stereocenters. The first-order chi connectivity index (χ1) is 7.45. The zero-order valence-corrected chi connectivity index (χ0v) is 8.61. The Morgan fingerprint density at radius 2 is 2.13 bits per heavy atom. The zero-order valence-electron chi connectivity index (χ0n) is 8.61. The lowest BCUT2D eigenvalue weighted by atomic mass is 10.0. The molecule has 2 nitrogen and oxygen atoms in total. The smallest absolute Gasteiger partial charge is 0.0705 e. The van der Waals surface area contributed by atoms with E-state index in [4.69, 9.17) is 0 Å². The first-order valence-electron chi connectivity index (χ1n) is 5.52. The summed E-state index contributed by atoms with van der Waals surface area (Å²) in [4.78, 5) is 4.39. The van der Waals surface area contributed by atoms with Crippen molar-refractivity contribution in [3.63, 3.8) is 0 Å². The third-order valence-electron chi connectivity index (χ3n) is 3.12. The van der Waals surface area contributed by atoms with Crippen LogP contribution in [0.15, 0.2) is 36.5 Å². The van der Waals surface area contributed by atoms with Gasteiger partial charge < -0.3 is 5.32 Å². The summed E-state index contributed by atoms with van der Waals surface area (Å²) in [6.07, 6.45) is 4.44. The van der Waals surface area contributed by atoms with E-state index >= 15 is 0 Å². The summed E-state index contributed by atoms with van der Waals surface area (Å²) in [6, 6.07) is 11.0. The Morgan fingerprint density at radius 1 is 1.20 bits per heavy atom. The molecule has 15 heavy (non-hydrogen) atoms. The van der Waals surface area contributed by atoms with Crippen LogP contribution < -0.4 is 5.32 Å². The van der Waals surface area contributed by atoms with E-state index in [1.165, 1.54) is 23.8 Å². The Bertz CT molecular complexity index is 467. The molecule has 0 bridgehead atoms. The maximum atomic E-state index is 4.39. The molecule has 2 heterocycles. The van der Waals surface area contributed by atoms with Crippen LogP contribution in [0.4, 0.5) is 0 Å². The maximum Gasteiger partial charge on any atom is 0.0705 e. The molecular weight excluding hydrogens is 184 g/mol. The van der Waals surface area contributed by atoms with E-state index in [2.05, 4.69) is 34.6 Å². The summed E-state index contributed by atoms with van der Waals surface area (Å²) in [6.45, 7) is 1.14. The molecule has 2 aromatic rings. The Balaban J connectivity index is 2.16. The fraction of sp³-hybridized carbons (Fsp3) is 0.308. The second-order valence-corrected chi connectivity index (χ2v) is 4.07. The van der Waals surface area contributed by atoms with Crippen LogP contribution in [-0.2, 0) is 0 Å². The normalized spacial score (nSPS) is 20.9. The number of aromatic nitrogens is 1. The number of fused-ring (bicyclic) bond motifs is 1. The molecule has 76 valence electrons. The molecule has 0 aliphatic carbocycles. The number of nitrogens with zero attached hydrogens (tertiary/aromatic N) is 1. The summed E-state index contributed by atoms with van der Waals surface area (Å²) >= 11 is 0. The van der Waals surface area contributed by atoms with Gasteiger partial charge in [-0.05, 0) is 37.1 Å². The maximum absolute atomic E-state index is 4.39. The largest absolute Gasteiger partial charge is 0.310 e. The minimum atomic E-state index is 0.526. The van der Waals surface area contributed by atoms with Crippen LogP contribution in [0.3, 0.4) is 0 Å². The van der Waals surface area contributed by atoms with Gasteiger partial charge in [-0.15, -0.1) is 0 Å². The summed E-state index contributed by atoms with van der Waals surface area (Å²) in [5, 5.41) is 4.83. The number of pyridine rings is 1. The second-order valence-electron chi connectivity index (χ2n) is 4.07. The van der Waals surface area contributed by atoms with E-state index < -0.39 is 0 Å². The molecule has 0 radical (unpaired) electrons. The van der Waals surface area contributed by atoms with Crippen molar-refractivity contribution in [2.24, 2.45) is 0 Å². The fourth-order valence-electron chi connectivity index (χ4n) is 2.37. The van der Waals surface area contributed by atoms with Crippen LogP contribution in [0.25, 0.3) is 10.9 Å². The quantitative estimate of drug-likeness (QED) is 0.762. The molecule has 1 aliphatic rings. The van der Waals surface area contributed by atoms with Gasteiger partial charge in [0.05, 0.1) is 5.52 Å². The predicted octanol–water partition coefficient (Wildman–Crippen LogP) is 2.66. The Morgan fingerprint density at radius 3 is 3.00 bits per heavy atom. The highest BCUT2D eigenvalue weighted by Crippen LogP contribution is 2.28. The number of para-hydroxylation sites is 1. The highest BCUT2D eigenvalue weighted by atomic mass is 14.9. The van der Waals surface area contributed by atoms with Crippen molar-refractivity contribution in [3.8, 4) is 0 Å². The van der Waals surface area contributed by atoms with Crippen LogP contribution in [0, 0.1) is 0 Å². The second kappa shape index (κ2) is 3.63. The van der Waals surface area contributed by atoms with Gasteiger partial charge in [-0.2, -0.15) is 0 Å². The van der Waals surface area contributed by atoms with Crippen LogP contribution in [-0.4, -0.2) is 11.5 Å². The lowest BCUT2D eigenvalue weighted by Gasteiger charge is -2.12. The predicted molar refractivity (Wildman–Crippen MR) is 61.7 cm³/mol. The molecule has 3 rings (SSSR count). The van der Waals surface area contributed by atoms with Crippen molar-refractivity contribution in [3.05, 3.63) is 42.1 Å². The Kier molecular flexibility index (Phi) is 2.14. The molecule has 1 aliphatic heterocycles. The molecule has 1 aromatic heterocycles.